The molecule has 1 saturated heterocycles. The lowest BCUT2D eigenvalue weighted by Crippen LogP contribution is -2.49. The van der Waals surface area contributed by atoms with E-state index in [4.69, 9.17) is 4.74 Å². The minimum absolute atomic E-state index is 0.0719. The summed E-state index contributed by atoms with van der Waals surface area (Å²) < 4.78 is 32.7. The molecule has 2 rings (SSSR count). The molecule has 0 spiro atoms. The Morgan fingerprint density at radius 1 is 1.08 bits per heavy atom. The van der Waals surface area contributed by atoms with Crippen LogP contribution in [0, 0.1) is 0 Å². The Morgan fingerprint density at radius 3 is 2.17 bits per heavy atom. The smallest absolute Gasteiger partial charge is 0.243 e. The Kier molecular flexibility index (Phi) is 6.62. The summed E-state index contributed by atoms with van der Waals surface area (Å²) >= 11 is 0. The molecular weight excluding hydrogens is 326 g/mol. The van der Waals surface area contributed by atoms with Crippen molar-refractivity contribution in [2.24, 2.45) is 0 Å². The van der Waals surface area contributed by atoms with Crippen LogP contribution in [0.5, 0.6) is 5.75 Å². The predicted octanol–water partition coefficient (Wildman–Crippen LogP) is 1.34. The van der Waals surface area contributed by atoms with Crippen LogP contribution < -0.4 is 4.74 Å². The third-order valence-corrected chi connectivity index (χ3v) is 5.94. The first-order chi connectivity index (χ1) is 11.3. The Labute approximate surface area is 146 Å². The summed E-state index contributed by atoms with van der Waals surface area (Å²) in [4.78, 5) is 4.79. The van der Waals surface area contributed by atoms with Crippen molar-refractivity contribution < 1.29 is 13.2 Å². The Hall–Kier alpha value is -1.15. The van der Waals surface area contributed by atoms with Crippen LogP contribution in [0.1, 0.15) is 13.8 Å². The monoisotopic (exact) mass is 355 g/mol. The average Bonchev–Trinajstić information content (AvgIpc) is 2.53. The molecule has 0 N–H and O–H groups in total. The average molecular weight is 356 g/mol. The first kappa shape index (κ1) is 19.2. The molecule has 7 heteroatoms. The van der Waals surface area contributed by atoms with Crippen LogP contribution in [0.25, 0.3) is 0 Å². The Morgan fingerprint density at radius 2 is 1.67 bits per heavy atom. The van der Waals surface area contributed by atoms with Gasteiger partial charge in [0.15, 0.2) is 0 Å². The van der Waals surface area contributed by atoms with Gasteiger partial charge in [0.25, 0.3) is 0 Å². The van der Waals surface area contributed by atoms with Gasteiger partial charge >= 0.3 is 0 Å². The lowest BCUT2D eigenvalue weighted by Gasteiger charge is -2.34. The summed E-state index contributed by atoms with van der Waals surface area (Å²) in [5.41, 5.74) is 0. The first-order valence-corrected chi connectivity index (χ1v) is 9.87. The normalized spacial score (nSPS) is 17.6. The van der Waals surface area contributed by atoms with Crippen molar-refractivity contribution in [2.45, 2.75) is 24.8 Å². The van der Waals surface area contributed by atoms with Crippen LogP contribution in [0.4, 0.5) is 0 Å². The van der Waals surface area contributed by atoms with Gasteiger partial charge < -0.3 is 9.64 Å². The summed E-state index contributed by atoms with van der Waals surface area (Å²) in [6, 6.07) is 6.71. The second-order valence-corrected chi connectivity index (χ2v) is 8.62. The van der Waals surface area contributed by atoms with E-state index in [1.165, 1.54) is 0 Å². The molecule has 0 atom stereocenters. The minimum atomic E-state index is -3.42. The number of benzene rings is 1. The lowest BCUT2D eigenvalue weighted by atomic mass is 10.3. The summed E-state index contributed by atoms with van der Waals surface area (Å²) in [5, 5.41) is 0. The molecule has 6 nitrogen and oxygen atoms in total. The van der Waals surface area contributed by atoms with Crippen molar-refractivity contribution in [1.29, 1.82) is 0 Å². The second kappa shape index (κ2) is 8.29. The van der Waals surface area contributed by atoms with E-state index in [-0.39, 0.29) is 6.10 Å². The predicted molar refractivity (Wildman–Crippen MR) is 96.0 cm³/mol. The van der Waals surface area contributed by atoms with Gasteiger partial charge in [0, 0.05) is 39.3 Å². The molecule has 136 valence electrons. The largest absolute Gasteiger partial charge is 0.491 e. The molecule has 1 fully saturated rings. The maximum absolute atomic E-state index is 12.8. The van der Waals surface area contributed by atoms with E-state index in [1.54, 1.807) is 28.6 Å². The van der Waals surface area contributed by atoms with Crippen molar-refractivity contribution in [3.63, 3.8) is 0 Å². The van der Waals surface area contributed by atoms with Crippen LogP contribution in [-0.4, -0.2) is 82.0 Å². The third kappa shape index (κ3) is 5.17. The molecule has 1 aromatic carbocycles. The van der Waals surface area contributed by atoms with Gasteiger partial charge in [-0.1, -0.05) is 0 Å². The van der Waals surface area contributed by atoms with Crippen LogP contribution in [0.2, 0.25) is 0 Å². The standard InChI is InChI=1S/C17H29N3O3S/c1-15(2)23-16-5-7-17(8-6-16)24(21,22)20-13-11-19(12-14-20)10-9-18(3)4/h5-8,15H,9-14H2,1-4H3. The number of piperazine rings is 1. The highest BCUT2D eigenvalue weighted by molar-refractivity contribution is 7.89. The van der Waals surface area contributed by atoms with E-state index in [0.29, 0.717) is 23.7 Å². The molecule has 0 saturated carbocycles. The van der Waals surface area contributed by atoms with Crippen molar-refractivity contribution in [3.05, 3.63) is 24.3 Å². The molecule has 0 aliphatic carbocycles. The quantitative estimate of drug-likeness (QED) is 0.739. The molecule has 1 heterocycles. The molecule has 1 aromatic rings. The van der Waals surface area contributed by atoms with Gasteiger partial charge in [0.2, 0.25) is 10.0 Å². The number of likely N-dealkylation sites (N-methyl/N-ethyl adjacent to an activating group) is 1. The molecule has 0 aromatic heterocycles. The maximum atomic E-state index is 12.8. The van der Waals surface area contributed by atoms with Crippen molar-refractivity contribution in [3.8, 4) is 5.75 Å². The zero-order valence-electron chi connectivity index (χ0n) is 15.1. The second-order valence-electron chi connectivity index (χ2n) is 6.69. The third-order valence-electron chi connectivity index (χ3n) is 4.03. The fraction of sp³-hybridized carbons (Fsp3) is 0.647. The zero-order valence-corrected chi connectivity index (χ0v) is 15.9. The van der Waals surface area contributed by atoms with Gasteiger partial charge in [-0.05, 0) is 52.2 Å². The molecule has 1 aliphatic rings. The fourth-order valence-electron chi connectivity index (χ4n) is 2.65. The van der Waals surface area contributed by atoms with Gasteiger partial charge in [-0.3, -0.25) is 4.90 Å². The van der Waals surface area contributed by atoms with Gasteiger partial charge in [0.05, 0.1) is 11.0 Å². The zero-order chi connectivity index (χ0) is 17.7. The molecule has 0 unspecified atom stereocenters. The van der Waals surface area contributed by atoms with Gasteiger partial charge in [-0.2, -0.15) is 4.31 Å². The highest BCUT2D eigenvalue weighted by Gasteiger charge is 2.28. The molecule has 0 amide bonds. The molecule has 0 radical (unpaired) electrons. The lowest BCUT2D eigenvalue weighted by molar-refractivity contribution is 0.174. The van der Waals surface area contributed by atoms with Crippen molar-refractivity contribution >= 4 is 10.0 Å². The van der Waals surface area contributed by atoms with E-state index >= 15 is 0 Å². The summed E-state index contributed by atoms with van der Waals surface area (Å²) in [6.07, 6.45) is 0.0719. The topological polar surface area (TPSA) is 53.1 Å². The Balaban J connectivity index is 1.96. The number of sulfonamides is 1. The number of hydrogen-bond donors (Lipinski definition) is 0. The maximum Gasteiger partial charge on any atom is 0.243 e. The summed E-state index contributed by atoms with van der Waals surface area (Å²) in [5.74, 6) is 0.692. The van der Waals surface area contributed by atoms with Crippen LogP contribution >= 0.6 is 0 Å². The van der Waals surface area contributed by atoms with E-state index in [2.05, 4.69) is 9.80 Å². The van der Waals surface area contributed by atoms with Crippen LogP contribution in [-0.2, 0) is 10.0 Å². The number of hydrogen-bond acceptors (Lipinski definition) is 5. The van der Waals surface area contributed by atoms with Crippen LogP contribution in [0.3, 0.4) is 0 Å². The molecule has 24 heavy (non-hydrogen) atoms. The van der Waals surface area contributed by atoms with E-state index in [9.17, 15) is 8.42 Å². The number of ether oxygens (including phenoxy) is 1. The SMILES string of the molecule is CC(C)Oc1ccc(S(=O)(=O)N2CCN(CCN(C)C)CC2)cc1. The van der Waals surface area contributed by atoms with Gasteiger partial charge in [-0.25, -0.2) is 8.42 Å². The minimum Gasteiger partial charge on any atom is -0.491 e. The van der Waals surface area contributed by atoms with E-state index < -0.39 is 10.0 Å². The van der Waals surface area contributed by atoms with Crippen molar-refractivity contribution in [1.82, 2.24) is 14.1 Å². The summed E-state index contributed by atoms with van der Waals surface area (Å²) in [6.45, 7) is 8.50. The van der Waals surface area contributed by atoms with E-state index in [1.807, 2.05) is 27.9 Å². The highest BCUT2D eigenvalue weighted by atomic mass is 32.2. The summed E-state index contributed by atoms with van der Waals surface area (Å²) in [7, 11) is 0.677. The molecule has 0 bridgehead atoms. The van der Waals surface area contributed by atoms with Crippen LogP contribution in [0.15, 0.2) is 29.2 Å². The first-order valence-electron chi connectivity index (χ1n) is 8.43. The number of rotatable bonds is 7. The fourth-order valence-corrected chi connectivity index (χ4v) is 4.07. The van der Waals surface area contributed by atoms with Gasteiger partial charge in [0.1, 0.15) is 5.75 Å². The van der Waals surface area contributed by atoms with Gasteiger partial charge in [-0.15, -0.1) is 0 Å². The molecular formula is C17H29N3O3S. The number of nitrogens with zero attached hydrogens (tertiary/aromatic N) is 3. The van der Waals surface area contributed by atoms with Crippen molar-refractivity contribution in [2.75, 3.05) is 53.4 Å². The molecule has 1 aliphatic heterocycles. The Bertz CT molecular complexity index is 606. The highest BCUT2D eigenvalue weighted by Crippen LogP contribution is 2.21. The van der Waals surface area contributed by atoms with E-state index in [0.717, 1.165) is 26.2 Å².